The molecule has 0 radical (unpaired) electrons. The number of thiophene rings is 1. The summed E-state index contributed by atoms with van der Waals surface area (Å²) >= 11 is 2.66. The number of ether oxygens (including phenoxy) is 3. The number of carboxylic acids is 1. The molecular weight excluding hydrogens is 552 g/mol. The molecule has 1 aromatic heterocycles. The Morgan fingerprint density at radius 1 is 1.08 bits per heavy atom. The van der Waals surface area contributed by atoms with Gasteiger partial charge in [0.1, 0.15) is 23.7 Å². The number of β-lactam (4-membered cyclic amide) rings is 1. The minimum atomic E-state index is -1.37. The Hall–Kier alpha value is -4.17. The molecule has 1 fully saturated rings. The third-order valence-electron chi connectivity index (χ3n) is 5.55. The van der Waals surface area contributed by atoms with Crippen LogP contribution in [-0.2, 0) is 35.1 Å². The number of rotatable bonds is 9. The van der Waals surface area contributed by atoms with Gasteiger partial charge in [0.15, 0.2) is 11.5 Å². The Morgan fingerprint density at radius 3 is 2.44 bits per heavy atom. The normalized spacial score (nSPS) is 18.0. The number of thioether (sulfide) groups is 1. The Morgan fingerprint density at radius 2 is 1.79 bits per heavy atom. The van der Waals surface area contributed by atoms with Crippen LogP contribution in [0.25, 0.3) is 0 Å². The number of nitrogens with one attached hydrogen (secondary N) is 1. The molecule has 0 saturated carbocycles. The molecule has 39 heavy (non-hydrogen) atoms. The summed E-state index contributed by atoms with van der Waals surface area (Å²) in [6, 6.07) is 6.45. The number of nitrogens with zero attached hydrogens (tertiary/aromatic N) is 1. The standard InChI is InChI=1S/C25H22N2O10S2/c1-12(28)36-17-6-5-14(8-18(17)37-13(2)29)25(34)35-10-15-11-39-23-20(22(31)27(23)21(15)24(32)33)26-19(30)9-16-4-3-7-38-16/h3-8,20,23H,9-11H2,1-2H3,(H,26,30)(H,32,33)/t20?,23-/m0/s1. The zero-order valence-electron chi connectivity index (χ0n) is 20.6. The van der Waals surface area contributed by atoms with E-state index in [4.69, 9.17) is 14.2 Å². The number of esters is 3. The molecule has 0 spiro atoms. The number of carbonyl (C=O) groups excluding carboxylic acids is 5. The number of carbonyl (C=O) groups is 6. The van der Waals surface area contributed by atoms with E-state index in [0.29, 0.717) is 0 Å². The van der Waals surface area contributed by atoms with Gasteiger partial charge >= 0.3 is 23.9 Å². The molecular formula is C25H22N2O10S2. The second kappa shape index (κ2) is 11.7. The van der Waals surface area contributed by atoms with E-state index >= 15 is 0 Å². The van der Waals surface area contributed by atoms with Crippen molar-refractivity contribution in [2.75, 3.05) is 12.4 Å². The van der Waals surface area contributed by atoms with Gasteiger partial charge in [-0.05, 0) is 29.6 Å². The molecule has 2 aliphatic rings. The van der Waals surface area contributed by atoms with Crippen LogP contribution in [0.2, 0.25) is 0 Å². The maximum absolute atomic E-state index is 12.8. The van der Waals surface area contributed by atoms with Gasteiger partial charge in [0.05, 0.1) is 12.0 Å². The van der Waals surface area contributed by atoms with Crippen LogP contribution in [-0.4, -0.2) is 69.5 Å². The summed E-state index contributed by atoms with van der Waals surface area (Å²) in [5.41, 5.74) is -0.147. The number of hydrogen-bond donors (Lipinski definition) is 2. The van der Waals surface area contributed by atoms with Crippen molar-refractivity contribution in [2.24, 2.45) is 0 Å². The molecule has 2 atom stereocenters. The zero-order valence-corrected chi connectivity index (χ0v) is 22.3. The van der Waals surface area contributed by atoms with Crippen molar-refractivity contribution in [3.05, 3.63) is 57.4 Å². The topological polar surface area (TPSA) is 166 Å². The molecule has 0 aliphatic carbocycles. The van der Waals surface area contributed by atoms with E-state index in [1.165, 1.54) is 35.2 Å². The molecule has 1 aromatic carbocycles. The summed E-state index contributed by atoms with van der Waals surface area (Å²) in [6.07, 6.45) is 0.114. The lowest BCUT2D eigenvalue weighted by atomic mass is 10.0. The number of carboxylic acid groups (broad SMARTS) is 1. The molecule has 2 aliphatic heterocycles. The first-order valence-electron chi connectivity index (χ1n) is 11.4. The Bertz CT molecular complexity index is 1390. The van der Waals surface area contributed by atoms with Crippen LogP contribution in [0.1, 0.15) is 29.1 Å². The molecule has 12 nitrogen and oxygen atoms in total. The number of hydrogen-bond acceptors (Lipinski definition) is 11. The number of benzene rings is 1. The van der Waals surface area contributed by atoms with Gasteiger partial charge in [0.2, 0.25) is 5.91 Å². The van der Waals surface area contributed by atoms with Gasteiger partial charge in [-0.1, -0.05) is 6.07 Å². The van der Waals surface area contributed by atoms with Crippen molar-refractivity contribution in [3.63, 3.8) is 0 Å². The summed E-state index contributed by atoms with van der Waals surface area (Å²) in [5, 5.41) is 13.7. The molecule has 2 N–H and O–H groups in total. The molecule has 2 aromatic rings. The van der Waals surface area contributed by atoms with Crippen molar-refractivity contribution in [2.45, 2.75) is 31.7 Å². The van der Waals surface area contributed by atoms with Crippen LogP contribution in [0.3, 0.4) is 0 Å². The second-order valence-electron chi connectivity index (χ2n) is 8.39. The lowest BCUT2D eigenvalue weighted by Crippen LogP contribution is -2.70. The van der Waals surface area contributed by atoms with E-state index in [1.807, 2.05) is 11.4 Å². The second-order valence-corrected chi connectivity index (χ2v) is 10.5. The van der Waals surface area contributed by atoms with Crippen LogP contribution in [0.5, 0.6) is 11.5 Å². The van der Waals surface area contributed by atoms with Gasteiger partial charge in [0.25, 0.3) is 5.91 Å². The molecule has 1 saturated heterocycles. The van der Waals surface area contributed by atoms with Gasteiger partial charge in [-0.3, -0.25) is 24.1 Å². The maximum atomic E-state index is 12.8. The van der Waals surface area contributed by atoms with Crippen molar-refractivity contribution in [1.29, 1.82) is 0 Å². The van der Waals surface area contributed by atoms with Gasteiger partial charge in [-0.15, -0.1) is 23.1 Å². The smallest absolute Gasteiger partial charge is 0.352 e. The van der Waals surface area contributed by atoms with Gasteiger partial charge in [-0.25, -0.2) is 9.59 Å². The molecule has 4 rings (SSSR count). The third kappa shape index (κ3) is 6.29. The number of fused-ring (bicyclic) bond motifs is 1. The summed E-state index contributed by atoms with van der Waals surface area (Å²) in [5.74, 6) is -4.62. The summed E-state index contributed by atoms with van der Waals surface area (Å²) < 4.78 is 15.3. The fourth-order valence-corrected chi connectivity index (χ4v) is 5.97. The molecule has 2 amide bonds. The molecule has 0 bridgehead atoms. The predicted octanol–water partition coefficient (Wildman–Crippen LogP) is 1.74. The minimum absolute atomic E-state index is 0.0468. The SMILES string of the molecule is CC(=O)Oc1ccc(C(=O)OCC2=C(C(=O)O)N3C(=O)C(NC(=O)Cc4cccs4)[C@@H]3SC2)cc1OC(C)=O. The quantitative estimate of drug-likeness (QED) is 0.254. The van der Waals surface area contributed by atoms with E-state index in [2.05, 4.69) is 5.32 Å². The van der Waals surface area contributed by atoms with Crippen LogP contribution in [0.4, 0.5) is 0 Å². The highest BCUT2D eigenvalue weighted by atomic mass is 32.2. The van der Waals surface area contributed by atoms with Crippen LogP contribution in [0, 0.1) is 0 Å². The van der Waals surface area contributed by atoms with Gasteiger partial charge < -0.3 is 24.6 Å². The molecule has 3 heterocycles. The highest BCUT2D eigenvalue weighted by Crippen LogP contribution is 2.40. The van der Waals surface area contributed by atoms with Crippen LogP contribution >= 0.6 is 23.1 Å². The van der Waals surface area contributed by atoms with Gasteiger partial charge in [0, 0.05) is 30.1 Å². The predicted molar refractivity (Wildman–Crippen MR) is 137 cm³/mol. The molecule has 204 valence electrons. The van der Waals surface area contributed by atoms with Gasteiger partial charge in [-0.2, -0.15) is 0 Å². The lowest BCUT2D eigenvalue weighted by Gasteiger charge is -2.49. The summed E-state index contributed by atoms with van der Waals surface area (Å²) in [7, 11) is 0. The highest BCUT2D eigenvalue weighted by Gasteiger charge is 2.54. The summed E-state index contributed by atoms with van der Waals surface area (Å²) in [6.45, 7) is 1.87. The summed E-state index contributed by atoms with van der Waals surface area (Å²) in [4.78, 5) is 74.5. The van der Waals surface area contributed by atoms with Crippen molar-refractivity contribution in [1.82, 2.24) is 10.2 Å². The largest absolute Gasteiger partial charge is 0.477 e. The maximum Gasteiger partial charge on any atom is 0.352 e. The average molecular weight is 575 g/mol. The van der Waals surface area contributed by atoms with E-state index in [-0.39, 0.29) is 46.4 Å². The van der Waals surface area contributed by atoms with E-state index < -0.39 is 47.8 Å². The lowest BCUT2D eigenvalue weighted by molar-refractivity contribution is -0.150. The van der Waals surface area contributed by atoms with Crippen LogP contribution in [0.15, 0.2) is 47.0 Å². The number of aliphatic carboxylic acids is 1. The monoisotopic (exact) mass is 574 g/mol. The first-order chi connectivity index (χ1) is 18.5. The molecule has 1 unspecified atom stereocenters. The van der Waals surface area contributed by atoms with Crippen molar-refractivity contribution < 1.29 is 48.1 Å². The Labute approximate surface area is 229 Å². The van der Waals surface area contributed by atoms with E-state index in [0.717, 1.165) is 29.7 Å². The third-order valence-corrected chi connectivity index (χ3v) is 7.76. The number of amides is 2. The average Bonchev–Trinajstić information content (AvgIpc) is 3.38. The zero-order chi connectivity index (χ0) is 28.3. The van der Waals surface area contributed by atoms with Crippen molar-refractivity contribution >= 4 is 58.8 Å². The van der Waals surface area contributed by atoms with E-state index in [1.54, 1.807) is 6.07 Å². The first-order valence-corrected chi connectivity index (χ1v) is 13.4. The van der Waals surface area contributed by atoms with Crippen LogP contribution < -0.4 is 14.8 Å². The Balaban J connectivity index is 1.44. The minimum Gasteiger partial charge on any atom is -0.477 e. The fraction of sp³-hybridized carbons (Fsp3) is 0.280. The highest BCUT2D eigenvalue weighted by molar-refractivity contribution is 8.00. The fourth-order valence-electron chi connectivity index (χ4n) is 3.94. The Kier molecular flexibility index (Phi) is 8.35. The van der Waals surface area contributed by atoms with E-state index in [9.17, 15) is 33.9 Å². The van der Waals surface area contributed by atoms with Crippen molar-refractivity contribution in [3.8, 4) is 11.5 Å². The first kappa shape index (κ1) is 27.9. The molecule has 14 heteroatoms.